The summed E-state index contributed by atoms with van der Waals surface area (Å²) in [6.45, 7) is 6.11. The molecule has 1 aromatic heterocycles. The van der Waals surface area contributed by atoms with Crippen molar-refractivity contribution in [1.29, 1.82) is 0 Å². The topological polar surface area (TPSA) is 53.4 Å². The minimum absolute atomic E-state index is 0.289. The number of pyridine rings is 1. The third-order valence-corrected chi connectivity index (χ3v) is 5.32. The normalized spacial score (nSPS) is 14.3. The van der Waals surface area contributed by atoms with Gasteiger partial charge in [-0.1, -0.05) is 44.2 Å². The number of rotatable bonds is 4. The van der Waals surface area contributed by atoms with Crippen molar-refractivity contribution in [2.24, 2.45) is 0 Å². The molecular weight excluding hydrogens is 336 g/mol. The summed E-state index contributed by atoms with van der Waals surface area (Å²) in [6.07, 6.45) is 2.17. The second kappa shape index (κ2) is 7.03. The van der Waals surface area contributed by atoms with Gasteiger partial charge in [0.2, 0.25) is 0 Å². The van der Waals surface area contributed by atoms with Crippen molar-refractivity contribution in [3.05, 3.63) is 59.7 Å². The van der Waals surface area contributed by atoms with Crippen LogP contribution >= 0.6 is 0 Å². The van der Waals surface area contributed by atoms with Crippen LogP contribution in [0.5, 0.6) is 0 Å². The molecule has 0 bridgehead atoms. The maximum atomic E-state index is 11.8. The van der Waals surface area contributed by atoms with E-state index in [0.717, 1.165) is 48.0 Å². The highest BCUT2D eigenvalue weighted by Crippen LogP contribution is 2.30. The molecule has 0 amide bonds. The first-order valence-corrected chi connectivity index (χ1v) is 9.56. The fourth-order valence-corrected chi connectivity index (χ4v) is 3.75. The zero-order chi connectivity index (χ0) is 19.0. The lowest BCUT2D eigenvalue weighted by molar-refractivity contribution is 0.0697. The van der Waals surface area contributed by atoms with E-state index in [9.17, 15) is 9.90 Å². The van der Waals surface area contributed by atoms with Crippen molar-refractivity contribution >= 4 is 22.7 Å². The van der Waals surface area contributed by atoms with E-state index >= 15 is 0 Å². The van der Waals surface area contributed by atoms with Crippen molar-refractivity contribution in [2.45, 2.75) is 32.6 Å². The molecule has 1 saturated heterocycles. The lowest BCUT2D eigenvalue weighted by atomic mass is 9.96. The number of carboxylic acids is 1. The monoisotopic (exact) mass is 360 g/mol. The Morgan fingerprint density at radius 2 is 1.78 bits per heavy atom. The van der Waals surface area contributed by atoms with E-state index in [-0.39, 0.29) is 5.56 Å². The Morgan fingerprint density at radius 3 is 2.48 bits per heavy atom. The van der Waals surface area contributed by atoms with Crippen molar-refractivity contribution < 1.29 is 9.90 Å². The summed E-state index contributed by atoms with van der Waals surface area (Å²) >= 11 is 0. The lowest BCUT2D eigenvalue weighted by Crippen LogP contribution is -2.22. The Bertz CT molecular complexity index is 1000. The highest BCUT2D eigenvalue weighted by atomic mass is 16.4. The summed E-state index contributed by atoms with van der Waals surface area (Å²) in [5, 5.41) is 10.6. The molecule has 1 N–H and O–H groups in total. The Kier molecular flexibility index (Phi) is 4.56. The number of aromatic carboxylic acids is 1. The van der Waals surface area contributed by atoms with E-state index in [2.05, 4.69) is 49.1 Å². The summed E-state index contributed by atoms with van der Waals surface area (Å²) in [4.78, 5) is 18.6. The van der Waals surface area contributed by atoms with Crippen molar-refractivity contribution in [3.8, 4) is 11.1 Å². The molecule has 138 valence electrons. The third-order valence-electron chi connectivity index (χ3n) is 5.32. The third kappa shape index (κ3) is 3.39. The first-order chi connectivity index (χ1) is 13.0. The molecule has 1 aliphatic heterocycles. The van der Waals surface area contributed by atoms with Gasteiger partial charge < -0.3 is 10.0 Å². The van der Waals surface area contributed by atoms with E-state index in [0.29, 0.717) is 11.7 Å². The fraction of sp³-hybridized carbons (Fsp3) is 0.304. The highest BCUT2D eigenvalue weighted by molar-refractivity contribution is 5.99. The van der Waals surface area contributed by atoms with Gasteiger partial charge in [-0.15, -0.1) is 0 Å². The van der Waals surface area contributed by atoms with Gasteiger partial charge in [0.1, 0.15) is 11.4 Å². The second-order valence-electron chi connectivity index (χ2n) is 7.55. The average molecular weight is 360 g/mol. The van der Waals surface area contributed by atoms with Crippen LogP contribution in [0.15, 0.2) is 48.5 Å². The van der Waals surface area contributed by atoms with Crippen LogP contribution in [-0.4, -0.2) is 29.1 Å². The molecular formula is C23H24N2O2. The van der Waals surface area contributed by atoms with E-state index in [1.165, 1.54) is 5.56 Å². The molecule has 0 atom stereocenters. The van der Waals surface area contributed by atoms with Gasteiger partial charge in [0.15, 0.2) is 0 Å². The molecule has 1 aliphatic rings. The molecule has 4 rings (SSSR count). The molecule has 0 unspecified atom stereocenters. The average Bonchev–Trinajstić information content (AvgIpc) is 3.21. The van der Waals surface area contributed by atoms with Gasteiger partial charge in [-0.3, -0.25) is 0 Å². The SMILES string of the molecule is CC(C)c1cccc(-c2ccc3nc(N4CCCC4)c(C(=O)O)cc3c2)c1. The molecule has 0 aliphatic carbocycles. The number of carboxylic acid groups (broad SMARTS) is 1. The number of hydrogen-bond donors (Lipinski definition) is 1. The smallest absolute Gasteiger partial charge is 0.339 e. The predicted molar refractivity (Wildman–Crippen MR) is 110 cm³/mol. The van der Waals surface area contributed by atoms with Gasteiger partial charge >= 0.3 is 5.97 Å². The van der Waals surface area contributed by atoms with Crippen molar-refractivity contribution in [2.75, 3.05) is 18.0 Å². The zero-order valence-corrected chi connectivity index (χ0v) is 15.8. The largest absolute Gasteiger partial charge is 0.478 e. The van der Waals surface area contributed by atoms with Crippen LogP contribution in [0.25, 0.3) is 22.0 Å². The Hall–Kier alpha value is -2.88. The van der Waals surface area contributed by atoms with Crippen LogP contribution in [0.3, 0.4) is 0 Å². The lowest BCUT2D eigenvalue weighted by Gasteiger charge is -2.19. The fourth-order valence-electron chi connectivity index (χ4n) is 3.75. The van der Waals surface area contributed by atoms with Crippen LogP contribution in [0.4, 0.5) is 5.82 Å². The Labute approximate surface area is 159 Å². The number of fused-ring (bicyclic) bond motifs is 1. The minimum atomic E-state index is -0.918. The second-order valence-corrected chi connectivity index (χ2v) is 7.55. The quantitative estimate of drug-likeness (QED) is 0.684. The first-order valence-electron chi connectivity index (χ1n) is 9.56. The zero-order valence-electron chi connectivity index (χ0n) is 15.8. The molecule has 2 heterocycles. The van der Waals surface area contributed by atoms with E-state index in [1.807, 2.05) is 12.1 Å². The van der Waals surface area contributed by atoms with Crippen molar-refractivity contribution in [3.63, 3.8) is 0 Å². The van der Waals surface area contributed by atoms with Gasteiger partial charge in [0.25, 0.3) is 0 Å². The number of carbonyl (C=O) groups is 1. The Balaban J connectivity index is 1.81. The van der Waals surface area contributed by atoms with Crippen LogP contribution in [0, 0.1) is 0 Å². The van der Waals surface area contributed by atoms with E-state index < -0.39 is 5.97 Å². The van der Waals surface area contributed by atoms with Gasteiger partial charge in [0.05, 0.1) is 5.52 Å². The molecule has 1 fully saturated rings. The van der Waals surface area contributed by atoms with Gasteiger partial charge in [-0.05, 0) is 53.6 Å². The van der Waals surface area contributed by atoms with Gasteiger partial charge in [0, 0.05) is 18.5 Å². The van der Waals surface area contributed by atoms with Crippen LogP contribution in [-0.2, 0) is 0 Å². The van der Waals surface area contributed by atoms with Crippen LogP contribution in [0.1, 0.15) is 48.5 Å². The Morgan fingerprint density at radius 1 is 1.04 bits per heavy atom. The molecule has 4 heteroatoms. The first kappa shape index (κ1) is 17.5. The summed E-state index contributed by atoms with van der Waals surface area (Å²) in [7, 11) is 0. The van der Waals surface area contributed by atoms with E-state index in [4.69, 9.17) is 4.98 Å². The minimum Gasteiger partial charge on any atom is -0.478 e. The number of nitrogens with zero attached hydrogens (tertiary/aromatic N) is 2. The maximum absolute atomic E-state index is 11.8. The summed E-state index contributed by atoms with van der Waals surface area (Å²) < 4.78 is 0. The summed E-state index contributed by atoms with van der Waals surface area (Å²) in [6, 6.07) is 16.4. The maximum Gasteiger partial charge on any atom is 0.339 e. The molecule has 3 aromatic rings. The van der Waals surface area contributed by atoms with Crippen LogP contribution < -0.4 is 4.90 Å². The molecule has 0 radical (unpaired) electrons. The molecule has 2 aromatic carbocycles. The van der Waals surface area contributed by atoms with Crippen molar-refractivity contribution in [1.82, 2.24) is 4.98 Å². The summed E-state index contributed by atoms with van der Waals surface area (Å²) in [5.74, 6) is 0.147. The highest BCUT2D eigenvalue weighted by Gasteiger charge is 2.21. The number of aromatic nitrogens is 1. The van der Waals surface area contributed by atoms with E-state index in [1.54, 1.807) is 6.07 Å². The standard InChI is InChI=1S/C23H24N2O2/c1-15(2)16-6-5-7-17(12-16)18-8-9-21-19(13-18)14-20(23(26)27)22(24-21)25-10-3-4-11-25/h5-9,12-15H,3-4,10-11H2,1-2H3,(H,26,27). The van der Waals surface area contributed by atoms with Gasteiger partial charge in [-0.25, -0.2) is 9.78 Å². The van der Waals surface area contributed by atoms with Gasteiger partial charge in [-0.2, -0.15) is 0 Å². The summed E-state index contributed by atoms with van der Waals surface area (Å²) in [5.41, 5.74) is 4.64. The number of hydrogen-bond acceptors (Lipinski definition) is 3. The molecule has 0 saturated carbocycles. The number of benzene rings is 2. The molecule has 0 spiro atoms. The predicted octanol–water partition coefficient (Wildman–Crippen LogP) is 5.32. The molecule has 4 nitrogen and oxygen atoms in total. The van der Waals surface area contributed by atoms with Crippen LogP contribution in [0.2, 0.25) is 0 Å². The number of anilines is 1. The molecule has 27 heavy (non-hydrogen) atoms.